The molecule has 0 bridgehead atoms. The summed E-state index contributed by atoms with van der Waals surface area (Å²) < 4.78 is 0. The average Bonchev–Trinajstić information content (AvgIpc) is 2.49. The Morgan fingerprint density at radius 1 is 1.00 bits per heavy atom. The van der Waals surface area contributed by atoms with Crippen LogP contribution >= 0.6 is 0 Å². The van der Waals surface area contributed by atoms with Gasteiger partial charge in [-0.2, -0.15) is 0 Å². The highest BCUT2D eigenvalue weighted by atomic mass is 15.3. The van der Waals surface area contributed by atoms with Gasteiger partial charge >= 0.3 is 0 Å². The van der Waals surface area contributed by atoms with Gasteiger partial charge in [0.25, 0.3) is 0 Å². The Hall–Kier alpha value is -0.900. The molecule has 1 atom stereocenters. The molecule has 3 heteroatoms. The molecule has 118 valence electrons. The van der Waals surface area contributed by atoms with Crippen LogP contribution in [0.4, 0.5) is 0 Å². The fourth-order valence-corrected chi connectivity index (χ4v) is 3.25. The molecule has 1 aliphatic heterocycles. The molecule has 0 aromatic heterocycles. The molecule has 0 radical (unpaired) electrons. The summed E-state index contributed by atoms with van der Waals surface area (Å²) in [4.78, 5) is 5.16. The van der Waals surface area contributed by atoms with E-state index in [1.165, 1.54) is 44.7 Å². The molecule has 2 N–H and O–H groups in total. The van der Waals surface area contributed by atoms with E-state index in [2.05, 4.69) is 54.0 Å². The highest BCUT2D eigenvalue weighted by Gasteiger charge is 2.20. The van der Waals surface area contributed by atoms with Crippen LogP contribution in [0, 0.1) is 11.8 Å². The number of benzene rings is 1. The highest BCUT2D eigenvalue weighted by molar-refractivity contribution is 5.14. The third-order valence-corrected chi connectivity index (χ3v) is 4.37. The number of rotatable bonds is 7. The summed E-state index contributed by atoms with van der Waals surface area (Å²) in [5, 5.41) is 0. The second-order valence-corrected chi connectivity index (χ2v) is 6.79. The average molecular weight is 289 g/mol. The van der Waals surface area contributed by atoms with Crippen LogP contribution in [-0.2, 0) is 6.54 Å². The summed E-state index contributed by atoms with van der Waals surface area (Å²) in [6.45, 7) is 12.4. The van der Waals surface area contributed by atoms with Crippen LogP contribution in [0.1, 0.15) is 25.8 Å². The first kappa shape index (κ1) is 16.5. The van der Waals surface area contributed by atoms with E-state index in [1.54, 1.807) is 0 Å². The quantitative estimate of drug-likeness (QED) is 0.837. The van der Waals surface area contributed by atoms with Gasteiger partial charge in [-0.3, -0.25) is 4.90 Å². The Bertz CT molecular complexity index is 383. The SMILES string of the molecule is CC(C)CC(CN)CN1CCN(Cc2ccccc2)CC1. The van der Waals surface area contributed by atoms with Gasteiger partial charge in [-0.25, -0.2) is 0 Å². The molecular formula is C18H31N3. The Labute approximate surface area is 130 Å². The van der Waals surface area contributed by atoms with Crippen LogP contribution < -0.4 is 5.73 Å². The van der Waals surface area contributed by atoms with Crippen molar-refractivity contribution in [2.24, 2.45) is 17.6 Å². The van der Waals surface area contributed by atoms with Crippen molar-refractivity contribution in [2.75, 3.05) is 39.3 Å². The number of nitrogens with two attached hydrogens (primary N) is 1. The third-order valence-electron chi connectivity index (χ3n) is 4.37. The summed E-state index contributed by atoms with van der Waals surface area (Å²) in [6.07, 6.45) is 1.25. The first-order valence-electron chi connectivity index (χ1n) is 8.36. The second kappa shape index (κ2) is 8.52. The maximum atomic E-state index is 5.93. The van der Waals surface area contributed by atoms with E-state index in [0.29, 0.717) is 5.92 Å². The van der Waals surface area contributed by atoms with Crippen LogP contribution in [0.15, 0.2) is 30.3 Å². The lowest BCUT2D eigenvalue weighted by atomic mass is 9.96. The Kier molecular flexibility index (Phi) is 6.68. The molecule has 0 saturated carbocycles. The zero-order valence-electron chi connectivity index (χ0n) is 13.7. The van der Waals surface area contributed by atoms with E-state index < -0.39 is 0 Å². The van der Waals surface area contributed by atoms with E-state index in [4.69, 9.17) is 5.73 Å². The summed E-state index contributed by atoms with van der Waals surface area (Å²) in [5.41, 5.74) is 7.35. The Morgan fingerprint density at radius 2 is 1.62 bits per heavy atom. The predicted molar refractivity (Wildman–Crippen MR) is 90.2 cm³/mol. The van der Waals surface area contributed by atoms with Crippen LogP contribution in [0.3, 0.4) is 0 Å². The molecule has 1 unspecified atom stereocenters. The highest BCUT2D eigenvalue weighted by Crippen LogP contribution is 2.14. The molecule has 2 rings (SSSR count). The van der Waals surface area contributed by atoms with E-state index in [9.17, 15) is 0 Å². The topological polar surface area (TPSA) is 32.5 Å². The van der Waals surface area contributed by atoms with Gasteiger partial charge in [0, 0.05) is 39.3 Å². The lowest BCUT2D eigenvalue weighted by molar-refractivity contribution is 0.110. The first-order valence-corrected chi connectivity index (χ1v) is 8.36. The molecule has 1 fully saturated rings. The standard InChI is InChI=1S/C18H31N3/c1-16(2)12-18(13-19)15-21-10-8-20(9-11-21)14-17-6-4-3-5-7-17/h3-7,16,18H,8-15,19H2,1-2H3. The van der Waals surface area contributed by atoms with Gasteiger partial charge in [0.2, 0.25) is 0 Å². The molecule has 0 spiro atoms. The van der Waals surface area contributed by atoms with Gasteiger partial charge in [-0.15, -0.1) is 0 Å². The molecule has 1 aliphatic rings. The minimum Gasteiger partial charge on any atom is -0.330 e. The molecule has 1 aromatic carbocycles. The normalized spacial score (nSPS) is 19.0. The van der Waals surface area contributed by atoms with Crippen molar-refractivity contribution in [2.45, 2.75) is 26.8 Å². The maximum absolute atomic E-state index is 5.93. The summed E-state index contributed by atoms with van der Waals surface area (Å²) in [5.74, 6) is 1.41. The Morgan fingerprint density at radius 3 is 2.19 bits per heavy atom. The van der Waals surface area contributed by atoms with Gasteiger partial charge in [0.1, 0.15) is 0 Å². The van der Waals surface area contributed by atoms with Crippen molar-refractivity contribution < 1.29 is 0 Å². The van der Waals surface area contributed by atoms with Gasteiger partial charge in [0.05, 0.1) is 0 Å². The zero-order chi connectivity index (χ0) is 15.1. The van der Waals surface area contributed by atoms with Crippen LogP contribution in [0.5, 0.6) is 0 Å². The zero-order valence-corrected chi connectivity index (χ0v) is 13.7. The van der Waals surface area contributed by atoms with Crippen LogP contribution in [-0.4, -0.2) is 49.1 Å². The lowest BCUT2D eigenvalue weighted by Crippen LogP contribution is -2.48. The van der Waals surface area contributed by atoms with Crippen LogP contribution in [0.2, 0.25) is 0 Å². The third kappa shape index (κ3) is 5.77. The van der Waals surface area contributed by atoms with E-state index >= 15 is 0 Å². The van der Waals surface area contributed by atoms with Crippen molar-refractivity contribution in [3.63, 3.8) is 0 Å². The van der Waals surface area contributed by atoms with Gasteiger partial charge in [-0.05, 0) is 30.4 Å². The summed E-state index contributed by atoms with van der Waals surface area (Å²) in [7, 11) is 0. The number of hydrogen-bond donors (Lipinski definition) is 1. The number of hydrogen-bond acceptors (Lipinski definition) is 3. The lowest BCUT2D eigenvalue weighted by Gasteiger charge is -2.36. The van der Waals surface area contributed by atoms with E-state index in [0.717, 1.165) is 19.0 Å². The molecule has 1 aromatic rings. The van der Waals surface area contributed by atoms with E-state index in [1.807, 2.05) is 0 Å². The monoisotopic (exact) mass is 289 g/mol. The van der Waals surface area contributed by atoms with Crippen molar-refractivity contribution in [1.29, 1.82) is 0 Å². The molecule has 1 heterocycles. The Balaban J connectivity index is 1.72. The van der Waals surface area contributed by atoms with Gasteiger partial charge < -0.3 is 10.6 Å². The molecule has 1 saturated heterocycles. The van der Waals surface area contributed by atoms with Crippen molar-refractivity contribution >= 4 is 0 Å². The molecular weight excluding hydrogens is 258 g/mol. The smallest absolute Gasteiger partial charge is 0.0234 e. The maximum Gasteiger partial charge on any atom is 0.0234 e. The summed E-state index contributed by atoms with van der Waals surface area (Å²) >= 11 is 0. The first-order chi connectivity index (χ1) is 10.2. The molecule has 21 heavy (non-hydrogen) atoms. The largest absolute Gasteiger partial charge is 0.330 e. The minimum atomic E-state index is 0.658. The predicted octanol–water partition coefficient (Wildman–Crippen LogP) is 2.43. The minimum absolute atomic E-state index is 0.658. The molecule has 3 nitrogen and oxygen atoms in total. The fourth-order valence-electron chi connectivity index (χ4n) is 3.25. The fraction of sp³-hybridized carbons (Fsp3) is 0.667. The van der Waals surface area contributed by atoms with Crippen molar-refractivity contribution in [3.05, 3.63) is 35.9 Å². The van der Waals surface area contributed by atoms with Crippen molar-refractivity contribution in [1.82, 2.24) is 9.80 Å². The second-order valence-electron chi connectivity index (χ2n) is 6.79. The number of piperazine rings is 1. The van der Waals surface area contributed by atoms with Crippen molar-refractivity contribution in [3.8, 4) is 0 Å². The van der Waals surface area contributed by atoms with Crippen LogP contribution in [0.25, 0.3) is 0 Å². The van der Waals surface area contributed by atoms with E-state index in [-0.39, 0.29) is 0 Å². The van der Waals surface area contributed by atoms with Gasteiger partial charge in [0.15, 0.2) is 0 Å². The summed E-state index contributed by atoms with van der Waals surface area (Å²) in [6, 6.07) is 10.8. The molecule has 0 amide bonds. The van der Waals surface area contributed by atoms with Gasteiger partial charge in [-0.1, -0.05) is 44.2 Å². The number of nitrogens with zero attached hydrogens (tertiary/aromatic N) is 2. The molecule has 0 aliphatic carbocycles.